The van der Waals surface area contributed by atoms with Crippen molar-refractivity contribution in [2.75, 3.05) is 25.5 Å². The fraction of sp³-hybridized carbons (Fsp3) is 0.261. The third kappa shape index (κ3) is 4.20. The van der Waals surface area contributed by atoms with E-state index in [2.05, 4.69) is 10.4 Å². The van der Waals surface area contributed by atoms with Crippen LogP contribution in [0.2, 0.25) is 0 Å². The lowest BCUT2D eigenvalue weighted by molar-refractivity contribution is -0.121. The normalized spacial score (nSPS) is 16.2. The Morgan fingerprint density at radius 2 is 1.77 bits per heavy atom. The largest absolute Gasteiger partial charge is 0.493 e. The first-order valence-corrected chi connectivity index (χ1v) is 10.00. The number of ether oxygens (including phenoxy) is 1. The van der Waals surface area contributed by atoms with Crippen LogP contribution in [0, 0.1) is 5.92 Å². The lowest BCUT2D eigenvalue weighted by atomic mass is 9.96. The number of anilines is 1. The number of rotatable bonds is 5. The third-order valence-electron chi connectivity index (χ3n) is 5.24. The van der Waals surface area contributed by atoms with E-state index in [4.69, 9.17) is 4.74 Å². The molecule has 0 spiro atoms. The summed E-state index contributed by atoms with van der Waals surface area (Å²) in [5, 5.41) is 7.40. The molecule has 1 N–H and O–H groups in total. The van der Waals surface area contributed by atoms with Gasteiger partial charge in [0.2, 0.25) is 5.91 Å². The molecule has 4 rings (SSSR count). The van der Waals surface area contributed by atoms with Gasteiger partial charge in [0.25, 0.3) is 5.91 Å². The molecule has 1 aliphatic rings. The van der Waals surface area contributed by atoms with E-state index in [1.54, 1.807) is 15.8 Å². The summed E-state index contributed by atoms with van der Waals surface area (Å²) in [5.74, 6) is -0.135. The van der Waals surface area contributed by atoms with Crippen molar-refractivity contribution in [2.24, 2.45) is 5.92 Å². The van der Waals surface area contributed by atoms with Crippen molar-refractivity contribution in [1.29, 1.82) is 0 Å². The highest BCUT2D eigenvalue weighted by Gasteiger charge is 2.31. The summed E-state index contributed by atoms with van der Waals surface area (Å²) in [5.41, 5.74) is 1.85. The molecule has 0 radical (unpaired) electrons. The number of benzene rings is 2. The zero-order chi connectivity index (χ0) is 20.9. The molecule has 0 aliphatic carbocycles. The Labute approximate surface area is 175 Å². The number of nitrogens with one attached hydrogen (secondary N) is 1. The molecule has 1 aliphatic heterocycles. The minimum Gasteiger partial charge on any atom is -0.493 e. The molecule has 7 nitrogen and oxygen atoms in total. The number of aromatic nitrogens is 2. The van der Waals surface area contributed by atoms with E-state index >= 15 is 0 Å². The topological polar surface area (TPSA) is 76.5 Å². The Kier molecular flexibility index (Phi) is 5.79. The number of carbonyl (C=O) groups excluding carboxylic acids is 2. The van der Waals surface area contributed by atoms with Gasteiger partial charge in [0.1, 0.15) is 0 Å². The monoisotopic (exact) mass is 404 g/mol. The van der Waals surface area contributed by atoms with Crippen LogP contribution in [0.4, 0.5) is 5.69 Å². The fourth-order valence-corrected chi connectivity index (χ4v) is 3.66. The van der Waals surface area contributed by atoms with Gasteiger partial charge in [-0.25, -0.2) is 4.68 Å². The second-order valence-electron chi connectivity index (χ2n) is 7.27. The number of carbonyl (C=O) groups is 2. The van der Waals surface area contributed by atoms with Crippen molar-refractivity contribution in [3.8, 4) is 11.4 Å². The molecule has 0 saturated carbocycles. The van der Waals surface area contributed by atoms with E-state index in [0.29, 0.717) is 18.8 Å². The Morgan fingerprint density at radius 3 is 2.47 bits per heavy atom. The molecule has 2 heterocycles. The van der Waals surface area contributed by atoms with Gasteiger partial charge in [0.15, 0.2) is 11.4 Å². The number of methoxy groups -OCH3 is 1. The number of para-hydroxylation sites is 2. The van der Waals surface area contributed by atoms with Crippen molar-refractivity contribution in [3.63, 3.8) is 0 Å². The molecule has 1 fully saturated rings. The van der Waals surface area contributed by atoms with Crippen molar-refractivity contribution in [1.82, 2.24) is 14.7 Å². The van der Waals surface area contributed by atoms with Gasteiger partial charge in [-0.2, -0.15) is 5.10 Å². The van der Waals surface area contributed by atoms with Crippen molar-refractivity contribution in [3.05, 3.63) is 72.6 Å². The van der Waals surface area contributed by atoms with Crippen molar-refractivity contribution >= 4 is 17.5 Å². The van der Waals surface area contributed by atoms with Gasteiger partial charge < -0.3 is 15.0 Å². The molecule has 7 heteroatoms. The van der Waals surface area contributed by atoms with E-state index in [1.165, 1.54) is 7.11 Å². The number of hydrogen-bond acceptors (Lipinski definition) is 4. The second-order valence-corrected chi connectivity index (χ2v) is 7.27. The van der Waals surface area contributed by atoms with Crippen LogP contribution in [0.15, 0.2) is 66.9 Å². The smallest absolute Gasteiger partial charge is 0.278 e. The molecule has 0 bridgehead atoms. The quantitative estimate of drug-likeness (QED) is 0.707. The molecule has 3 aromatic rings. The highest BCUT2D eigenvalue weighted by molar-refractivity contribution is 5.96. The van der Waals surface area contributed by atoms with Gasteiger partial charge in [-0.1, -0.05) is 36.4 Å². The van der Waals surface area contributed by atoms with Crippen LogP contribution < -0.4 is 10.1 Å². The molecule has 2 aromatic carbocycles. The highest BCUT2D eigenvalue weighted by atomic mass is 16.5. The van der Waals surface area contributed by atoms with Gasteiger partial charge >= 0.3 is 0 Å². The van der Waals surface area contributed by atoms with Gasteiger partial charge in [-0.15, -0.1) is 0 Å². The molecular formula is C23H24N4O3. The number of amides is 2. The van der Waals surface area contributed by atoms with Crippen LogP contribution in [0.3, 0.4) is 0 Å². The predicted molar refractivity (Wildman–Crippen MR) is 114 cm³/mol. The van der Waals surface area contributed by atoms with Crippen LogP contribution >= 0.6 is 0 Å². The average Bonchev–Trinajstić information content (AvgIpc) is 3.24. The lowest BCUT2D eigenvalue weighted by Gasteiger charge is -2.31. The standard InChI is InChI=1S/C23H24N4O3/c1-30-20-16-27(19-12-6-3-7-13-19)25-21(20)23(29)26-14-8-9-17(15-26)22(28)24-18-10-4-2-5-11-18/h2-7,10-13,16-17H,8-9,14-15H2,1H3,(H,24,28)/t17-/m1/s1. The summed E-state index contributed by atoms with van der Waals surface area (Å²) in [6.07, 6.45) is 3.21. The number of likely N-dealkylation sites (tertiary alicyclic amines) is 1. The summed E-state index contributed by atoms with van der Waals surface area (Å²) >= 11 is 0. The number of nitrogens with zero attached hydrogens (tertiary/aromatic N) is 3. The maximum atomic E-state index is 13.2. The SMILES string of the molecule is COc1cn(-c2ccccc2)nc1C(=O)N1CCC[C@@H](C(=O)Nc2ccccc2)C1. The van der Waals surface area contributed by atoms with E-state index in [9.17, 15) is 9.59 Å². The van der Waals surface area contributed by atoms with Crippen LogP contribution in [-0.4, -0.2) is 46.7 Å². The molecule has 1 atom stereocenters. The minimum atomic E-state index is -0.259. The Morgan fingerprint density at radius 1 is 1.07 bits per heavy atom. The molecular weight excluding hydrogens is 380 g/mol. The number of hydrogen-bond donors (Lipinski definition) is 1. The average molecular weight is 404 g/mol. The maximum absolute atomic E-state index is 13.2. The zero-order valence-electron chi connectivity index (χ0n) is 16.8. The number of piperidine rings is 1. The Balaban J connectivity index is 1.49. The maximum Gasteiger partial charge on any atom is 0.278 e. The molecule has 2 amide bonds. The molecule has 154 valence electrons. The van der Waals surface area contributed by atoms with Gasteiger partial charge in [-0.05, 0) is 37.1 Å². The van der Waals surface area contributed by atoms with Gasteiger partial charge in [0.05, 0.1) is 24.9 Å². The minimum absolute atomic E-state index is 0.0690. The van der Waals surface area contributed by atoms with Gasteiger partial charge in [0, 0.05) is 18.8 Å². The lowest BCUT2D eigenvalue weighted by Crippen LogP contribution is -2.44. The summed E-state index contributed by atoms with van der Waals surface area (Å²) in [6, 6.07) is 18.9. The van der Waals surface area contributed by atoms with Crippen molar-refractivity contribution < 1.29 is 14.3 Å². The van der Waals surface area contributed by atoms with Gasteiger partial charge in [-0.3, -0.25) is 9.59 Å². The first-order chi connectivity index (χ1) is 14.7. The Bertz CT molecular complexity index is 1020. The van der Waals surface area contributed by atoms with E-state index in [-0.39, 0.29) is 23.4 Å². The molecule has 0 unspecified atom stereocenters. The van der Waals surface area contributed by atoms with Crippen LogP contribution in [0.1, 0.15) is 23.3 Å². The Hall–Kier alpha value is -3.61. The van der Waals surface area contributed by atoms with Crippen LogP contribution in [-0.2, 0) is 4.79 Å². The molecule has 30 heavy (non-hydrogen) atoms. The first kappa shape index (κ1) is 19.7. The summed E-state index contributed by atoms with van der Waals surface area (Å²) < 4.78 is 7.04. The van der Waals surface area contributed by atoms with E-state index in [1.807, 2.05) is 60.7 Å². The van der Waals surface area contributed by atoms with E-state index in [0.717, 1.165) is 24.2 Å². The predicted octanol–water partition coefficient (Wildman–Crippen LogP) is 3.37. The molecule has 1 saturated heterocycles. The van der Waals surface area contributed by atoms with Crippen molar-refractivity contribution in [2.45, 2.75) is 12.8 Å². The molecule has 1 aromatic heterocycles. The van der Waals surface area contributed by atoms with Crippen LogP contribution in [0.5, 0.6) is 5.75 Å². The zero-order valence-corrected chi connectivity index (χ0v) is 16.8. The summed E-state index contributed by atoms with van der Waals surface area (Å²) in [4.78, 5) is 27.6. The highest BCUT2D eigenvalue weighted by Crippen LogP contribution is 2.25. The summed E-state index contributed by atoms with van der Waals surface area (Å²) in [6.45, 7) is 0.953. The fourth-order valence-electron chi connectivity index (χ4n) is 3.66. The van der Waals surface area contributed by atoms with Crippen LogP contribution in [0.25, 0.3) is 5.69 Å². The summed E-state index contributed by atoms with van der Waals surface area (Å²) in [7, 11) is 1.52. The van der Waals surface area contributed by atoms with E-state index < -0.39 is 0 Å². The first-order valence-electron chi connectivity index (χ1n) is 10.00. The third-order valence-corrected chi connectivity index (χ3v) is 5.24. The second kappa shape index (κ2) is 8.82.